The second-order valence-corrected chi connectivity index (χ2v) is 8.17. The van der Waals surface area contributed by atoms with E-state index in [9.17, 15) is 0 Å². The Morgan fingerprint density at radius 2 is 1.76 bits per heavy atom. The Balaban J connectivity index is 1.68. The molecule has 0 aliphatic carbocycles. The highest BCUT2D eigenvalue weighted by atomic mass is 32.1. The molecule has 0 saturated carbocycles. The number of ether oxygens (including phenoxy) is 1. The zero-order valence-corrected chi connectivity index (χ0v) is 18.4. The number of aryl methyl sites for hydroxylation is 4. The molecule has 154 valence electrons. The van der Waals surface area contributed by atoms with E-state index in [1.165, 1.54) is 5.56 Å². The van der Waals surface area contributed by atoms with E-state index in [4.69, 9.17) is 25.8 Å². The summed E-state index contributed by atoms with van der Waals surface area (Å²) in [6.07, 6.45) is 2.38. The summed E-state index contributed by atoms with van der Waals surface area (Å²) in [5.74, 6) is 0.932. The highest BCUT2D eigenvalue weighted by Crippen LogP contribution is 2.34. The Labute approximate surface area is 175 Å². The molecule has 1 aliphatic rings. The summed E-state index contributed by atoms with van der Waals surface area (Å²) in [5, 5.41) is 10.2. The maximum Gasteiger partial charge on any atom is 0.239 e. The second kappa shape index (κ2) is 7.80. The van der Waals surface area contributed by atoms with Crippen LogP contribution < -0.4 is 16.3 Å². The number of rotatable bonds is 3. The molecule has 2 N–H and O–H groups in total. The van der Waals surface area contributed by atoms with Crippen molar-refractivity contribution in [2.75, 3.05) is 13.2 Å². The number of hydrogen-bond acceptors (Lipinski definition) is 5. The highest BCUT2D eigenvalue weighted by Gasteiger charge is 2.17. The SMILES string of the molecule is Cc1oc2c(C)c3oc(=NNC(=S)NCC4CCCO4)c(C)c(C)c3cc2c1C. The lowest BCUT2D eigenvalue weighted by atomic mass is 10.0. The van der Waals surface area contributed by atoms with Crippen molar-refractivity contribution in [3.8, 4) is 0 Å². The van der Waals surface area contributed by atoms with Crippen LogP contribution in [0, 0.1) is 34.6 Å². The molecule has 3 heterocycles. The zero-order chi connectivity index (χ0) is 20.7. The number of nitrogens with zero attached hydrogens (tertiary/aromatic N) is 1. The number of nitrogens with one attached hydrogen (secondary N) is 2. The average Bonchev–Trinajstić information content (AvgIpc) is 3.32. The zero-order valence-electron chi connectivity index (χ0n) is 17.6. The molecule has 2 aromatic heterocycles. The van der Waals surface area contributed by atoms with Crippen molar-refractivity contribution < 1.29 is 13.6 Å². The van der Waals surface area contributed by atoms with Crippen LogP contribution in [0.1, 0.15) is 40.9 Å². The Morgan fingerprint density at radius 1 is 1.03 bits per heavy atom. The molecule has 3 aromatic rings. The van der Waals surface area contributed by atoms with Crippen LogP contribution in [0.5, 0.6) is 0 Å². The molecular weight excluding hydrogens is 386 g/mol. The largest absolute Gasteiger partial charge is 0.461 e. The second-order valence-electron chi connectivity index (χ2n) is 7.76. The predicted octanol–water partition coefficient (Wildman–Crippen LogP) is 4.18. The lowest BCUT2D eigenvalue weighted by Crippen LogP contribution is -2.38. The van der Waals surface area contributed by atoms with Gasteiger partial charge < -0.3 is 18.9 Å². The van der Waals surface area contributed by atoms with Gasteiger partial charge in [-0.2, -0.15) is 0 Å². The van der Waals surface area contributed by atoms with Crippen LogP contribution in [0.3, 0.4) is 0 Å². The van der Waals surface area contributed by atoms with E-state index < -0.39 is 0 Å². The summed E-state index contributed by atoms with van der Waals surface area (Å²) < 4.78 is 17.8. The molecule has 1 unspecified atom stereocenters. The van der Waals surface area contributed by atoms with Gasteiger partial charge in [-0.3, -0.25) is 5.43 Å². The van der Waals surface area contributed by atoms with E-state index in [1.54, 1.807) is 0 Å². The van der Waals surface area contributed by atoms with Gasteiger partial charge in [0, 0.05) is 35.1 Å². The number of hydrogen-bond donors (Lipinski definition) is 2. The van der Waals surface area contributed by atoms with E-state index in [0.717, 1.165) is 63.8 Å². The van der Waals surface area contributed by atoms with E-state index in [-0.39, 0.29) is 6.10 Å². The van der Waals surface area contributed by atoms with E-state index >= 15 is 0 Å². The highest BCUT2D eigenvalue weighted by molar-refractivity contribution is 7.80. The predicted molar refractivity (Wildman–Crippen MR) is 118 cm³/mol. The first-order valence-electron chi connectivity index (χ1n) is 9.99. The molecule has 1 atom stereocenters. The summed E-state index contributed by atoms with van der Waals surface area (Å²) in [6, 6.07) is 2.15. The molecule has 0 radical (unpaired) electrons. The van der Waals surface area contributed by atoms with Crippen molar-refractivity contribution in [3.63, 3.8) is 0 Å². The van der Waals surface area contributed by atoms with Crippen molar-refractivity contribution in [2.24, 2.45) is 5.10 Å². The molecule has 7 heteroatoms. The lowest BCUT2D eigenvalue weighted by Gasteiger charge is -2.12. The van der Waals surface area contributed by atoms with Crippen LogP contribution in [0.2, 0.25) is 0 Å². The van der Waals surface area contributed by atoms with Gasteiger partial charge in [0.1, 0.15) is 16.9 Å². The summed E-state index contributed by atoms with van der Waals surface area (Å²) in [5.41, 5.74) is 9.32. The molecule has 1 aliphatic heterocycles. The summed E-state index contributed by atoms with van der Waals surface area (Å²) >= 11 is 5.34. The minimum atomic E-state index is 0.217. The minimum Gasteiger partial charge on any atom is -0.461 e. The van der Waals surface area contributed by atoms with E-state index in [0.29, 0.717) is 17.2 Å². The van der Waals surface area contributed by atoms with Gasteiger partial charge in [0.05, 0.1) is 6.10 Å². The minimum absolute atomic E-state index is 0.217. The van der Waals surface area contributed by atoms with Crippen LogP contribution in [-0.4, -0.2) is 24.4 Å². The molecule has 29 heavy (non-hydrogen) atoms. The van der Waals surface area contributed by atoms with Gasteiger partial charge in [-0.05, 0) is 76.9 Å². The molecule has 0 bridgehead atoms. The number of furan rings is 1. The average molecular weight is 414 g/mol. The smallest absolute Gasteiger partial charge is 0.239 e. The van der Waals surface area contributed by atoms with Crippen molar-refractivity contribution in [1.29, 1.82) is 0 Å². The number of benzene rings is 1. The lowest BCUT2D eigenvalue weighted by molar-refractivity contribution is 0.114. The summed E-state index contributed by atoms with van der Waals surface area (Å²) in [6.45, 7) is 11.7. The Bertz CT molecular complexity index is 1170. The van der Waals surface area contributed by atoms with Crippen LogP contribution in [0.25, 0.3) is 21.9 Å². The maximum absolute atomic E-state index is 6.19. The van der Waals surface area contributed by atoms with Gasteiger partial charge in [-0.25, -0.2) is 0 Å². The monoisotopic (exact) mass is 413 g/mol. The van der Waals surface area contributed by atoms with Gasteiger partial charge in [0.15, 0.2) is 5.11 Å². The fourth-order valence-electron chi connectivity index (χ4n) is 3.82. The fraction of sp³-hybridized carbons (Fsp3) is 0.455. The molecule has 4 rings (SSSR count). The molecule has 1 saturated heterocycles. The number of thiocarbonyl (C=S) groups is 1. The van der Waals surface area contributed by atoms with Crippen LogP contribution in [0.15, 0.2) is 20.0 Å². The van der Waals surface area contributed by atoms with Crippen LogP contribution >= 0.6 is 12.2 Å². The molecule has 6 nitrogen and oxygen atoms in total. The standard InChI is InChI=1S/C22H27N3O3S/c1-11-12(2)21(24-25-22(29)23-10-16-7-6-8-26-16)28-20-14(4)19-18(9-17(11)20)13(3)15(5)27-19/h9,16H,6-8,10H2,1-5H3,(H2,23,25,29). The Morgan fingerprint density at radius 3 is 2.48 bits per heavy atom. The van der Waals surface area contributed by atoms with Gasteiger partial charge in [-0.1, -0.05) is 0 Å². The van der Waals surface area contributed by atoms with Crippen LogP contribution in [-0.2, 0) is 4.74 Å². The third-order valence-electron chi connectivity index (χ3n) is 5.91. The summed E-state index contributed by atoms with van der Waals surface area (Å²) in [7, 11) is 0. The third kappa shape index (κ3) is 3.65. The van der Waals surface area contributed by atoms with Gasteiger partial charge in [0.25, 0.3) is 0 Å². The number of fused-ring (bicyclic) bond motifs is 2. The first kappa shape index (κ1) is 19.9. The van der Waals surface area contributed by atoms with Crippen molar-refractivity contribution >= 4 is 39.3 Å². The molecule has 1 fully saturated rings. The fourth-order valence-corrected chi connectivity index (χ4v) is 3.95. The molecule has 1 aromatic carbocycles. The first-order chi connectivity index (χ1) is 13.9. The Hall–Kier alpha value is -2.38. The van der Waals surface area contributed by atoms with E-state index in [1.807, 2.05) is 20.8 Å². The van der Waals surface area contributed by atoms with Crippen molar-refractivity contribution in [1.82, 2.24) is 10.7 Å². The van der Waals surface area contributed by atoms with Crippen molar-refractivity contribution in [2.45, 2.75) is 53.6 Å². The van der Waals surface area contributed by atoms with Gasteiger partial charge in [0.2, 0.25) is 5.55 Å². The summed E-state index contributed by atoms with van der Waals surface area (Å²) in [4.78, 5) is 0. The molecule has 0 spiro atoms. The third-order valence-corrected chi connectivity index (χ3v) is 6.14. The topological polar surface area (TPSA) is 71.9 Å². The first-order valence-corrected chi connectivity index (χ1v) is 10.4. The maximum atomic E-state index is 6.19. The molecule has 0 amide bonds. The quantitative estimate of drug-likeness (QED) is 0.496. The van der Waals surface area contributed by atoms with E-state index in [2.05, 4.69) is 35.8 Å². The normalized spacial score (nSPS) is 17.4. The molecular formula is C22H27N3O3S. The van der Waals surface area contributed by atoms with Crippen LogP contribution in [0.4, 0.5) is 0 Å². The Kier molecular flexibility index (Phi) is 5.36. The van der Waals surface area contributed by atoms with Gasteiger partial charge in [-0.15, -0.1) is 5.10 Å². The van der Waals surface area contributed by atoms with Gasteiger partial charge >= 0.3 is 0 Å². The van der Waals surface area contributed by atoms with Crippen molar-refractivity contribution in [3.05, 3.63) is 39.6 Å².